The second kappa shape index (κ2) is 8.29. The number of hydrogen-bond donors (Lipinski definition) is 2. The van der Waals surface area contributed by atoms with Crippen LogP contribution in [0.3, 0.4) is 0 Å². The number of carbonyl (C=O) groups is 1. The lowest BCUT2D eigenvalue weighted by Gasteiger charge is -2.33. The van der Waals surface area contributed by atoms with E-state index >= 15 is 0 Å². The molecule has 1 aromatic rings. The smallest absolute Gasteiger partial charge is 0.251 e. The van der Waals surface area contributed by atoms with Crippen molar-refractivity contribution in [1.82, 2.24) is 15.5 Å². The Morgan fingerprint density at radius 3 is 2.52 bits per heavy atom. The highest BCUT2D eigenvalue weighted by atomic mass is 32.1. The zero-order chi connectivity index (χ0) is 16.8. The first-order chi connectivity index (χ1) is 11.0. The number of carbonyl (C=O) groups excluding carboxylic acids is 1. The normalized spacial score (nSPS) is 20.7. The van der Waals surface area contributed by atoms with Gasteiger partial charge >= 0.3 is 0 Å². The van der Waals surface area contributed by atoms with Crippen molar-refractivity contribution in [1.29, 1.82) is 0 Å². The number of hydrogen-bond acceptors (Lipinski definition) is 2. The van der Waals surface area contributed by atoms with Crippen molar-refractivity contribution in [2.24, 2.45) is 5.92 Å². The Morgan fingerprint density at radius 1 is 1.26 bits per heavy atom. The molecule has 0 radical (unpaired) electrons. The first kappa shape index (κ1) is 17.7. The molecule has 0 saturated heterocycles. The largest absolute Gasteiger partial charge is 0.360 e. The van der Waals surface area contributed by atoms with Crippen molar-refractivity contribution < 1.29 is 4.79 Å². The van der Waals surface area contributed by atoms with E-state index in [1.54, 1.807) is 7.05 Å². The molecule has 2 atom stereocenters. The second-order valence-corrected chi connectivity index (χ2v) is 6.84. The number of nitrogens with zero attached hydrogens (tertiary/aromatic N) is 1. The van der Waals surface area contributed by atoms with Crippen LogP contribution < -0.4 is 10.6 Å². The molecule has 4 nitrogen and oxygen atoms in total. The van der Waals surface area contributed by atoms with E-state index in [1.165, 1.54) is 25.7 Å². The molecule has 0 spiro atoms. The van der Waals surface area contributed by atoms with Gasteiger partial charge in [0, 0.05) is 32.2 Å². The van der Waals surface area contributed by atoms with Gasteiger partial charge in [0.15, 0.2) is 5.11 Å². The summed E-state index contributed by atoms with van der Waals surface area (Å²) in [5.74, 6) is 0.621. The SMILES string of the molecule is CNC(=O)c1ccc(CN(C)C(=S)N[C@H]2CCCC[C@@H]2C)cc1. The molecule has 2 rings (SSSR count). The maximum absolute atomic E-state index is 11.6. The molecule has 1 amide bonds. The van der Waals surface area contributed by atoms with Crippen molar-refractivity contribution in [3.05, 3.63) is 35.4 Å². The van der Waals surface area contributed by atoms with Gasteiger partial charge in [-0.1, -0.05) is 31.9 Å². The average molecular weight is 334 g/mol. The third-order valence-electron chi connectivity index (χ3n) is 4.63. The van der Waals surface area contributed by atoms with Gasteiger partial charge in [0.05, 0.1) is 0 Å². The van der Waals surface area contributed by atoms with Crippen molar-refractivity contribution in [2.45, 2.75) is 45.2 Å². The Kier molecular flexibility index (Phi) is 6.39. The molecular formula is C18H27N3OS. The fourth-order valence-electron chi connectivity index (χ4n) is 3.05. The van der Waals surface area contributed by atoms with E-state index in [4.69, 9.17) is 12.2 Å². The first-order valence-corrected chi connectivity index (χ1v) is 8.74. The Morgan fingerprint density at radius 2 is 1.91 bits per heavy atom. The lowest BCUT2D eigenvalue weighted by Crippen LogP contribution is -2.46. The van der Waals surface area contributed by atoms with Gasteiger partial charge in [-0.05, 0) is 48.7 Å². The van der Waals surface area contributed by atoms with Crippen LogP contribution >= 0.6 is 12.2 Å². The molecule has 23 heavy (non-hydrogen) atoms. The molecule has 1 aliphatic carbocycles. The monoisotopic (exact) mass is 333 g/mol. The van der Waals surface area contributed by atoms with E-state index in [-0.39, 0.29) is 5.91 Å². The minimum Gasteiger partial charge on any atom is -0.360 e. The Bertz CT molecular complexity index is 544. The van der Waals surface area contributed by atoms with Gasteiger partial charge < -0.3 is 15.5 Å². The van der Waals surface area contributed by atoms with E-state index in [0.717, 1.165) is 17.2 Å². The van der Waals surface area contributed by atoms with Crippen molar-refractivity contribution in [3.63, 3.8) is 0 Å². The van der Waals surface area contributed by atoms with Gasteiger partial charge in [0.25, 0.3) is 5.91 Å². The summed E-state index contributed by atoms with van der Waals surface area (Å²) in [5.41, 5.74) is 1.82. The molecule has 1 saturated carbocycles. The number of benzene rings is 1. The minimum absolute atomic E-state index is 0.0617. The number of nitrogens with one attached hydrogen (secondary N) is 2. The summed E-state index contributed by atoms with van der Waals surface area (Å²) >= 11 is 5.55. The molecule has 1 fully saturated rings. The van der Waals surface area contributed by atoms with Gasteiger partial charge in [-0.15, -0.1) is 0 Å². The van der Waals surface area contributed by atoms with Crippen molar-refractivity contribution in [3.8, 4) is 0 Å². The van der Waals surface area contributed by atoms with Gasteiger partial charge in [0.2, 0.25) is 0 Å². The fourth-order valence-corrected chi connectivity index (χ4v) is 3.27. The minimum atomic E-state index is -0.0617. The Balaban J connectivity index is 1.89. The predicted molar refractivity (Wildman–Crippen MR) is 98.5 cm³/mol. The first-order valence-electron chi connectivity index (χ1n) is 8.34. The maximum Gasteiger partial charge on any atom is 0.251 e. The summed E-state index contributed by atoms with van der Waals surface area (Å²) in [4.78, 5) is 13.6. The van der Waals surface area contributed by atoms with Crippen LogP contribution in [0.4, 0.5) is 0 Å². The highest BCUT2D eigenvalue weighted by molar-refractivity contribution is 7.80. The summed E-state index contributed by atoms with van der Waals surface area (Å²) in [7, 11) is 3.65. The molecule has 0 aromatic heterocycles. The quantitative estimate of drug-likeness (QED) is 0.832. The standard InChI is InChI=1S/C18H27N3OS/c1-13-6-4-5-7-16(13)20-18(23)21(3)12-14-8-10-15(11-9-14)17(22)19-2/h8-11,13,16H,4-7,12H2,1-3H3,(H,19,22)(H,20,23)/t13-,16-/m0/s1. The molecule has 1 aromatic carbocycles. The lowest BCUT2D eigenvalue weighted by atomic mass is 9.86. The van der Waals surface area contributed by atoms with Crippen LogP contribution in [-0.4, -0.2) is 36.1 Å². The molecule has 0 bridgehead atoms. The van der Waals surface area contributed by atoms with E-state index < -0.39 is 0 Å². The van der Waals surface area contributed by atoms with Crippen LogP contribution in [0.2, 0.25) is 0 Å². The molecule has 2 N–H and O–H groups in total. The van der Waals surface area contributed by atoms with Crippen molar-refractivity contribution in [2.75, 3.05) is 14.1 Å². The van der Waals surface area contributed by atoms with E-state index in [2.05, 4.69) is 22.5 Å². The maximum atomic E-state index is 11.6. The molecule has 0 heterocycles. The van der Waals surface area contributed by atoms with Crippen molar-refractivity contribution >= 4 is 23.2 Å². The topological polar surface area (TPSA) is 44.4 Å². The molecule has 0 unspecified atom stereocenters. The molecule has 1 aliphatic rings. The zero-order valence-corrected chi connectivity index (χ0v) is 15.1. The van der Waals surface area contributed by atoms with Crippen LogP contribution in [-0.2, 0) is 6.54 Å². The second-order valence-electron chi connectivity index (χ2n) is 6.45. The third kappa shape index (κ3) is 4.93. The van der Waals surface area contributed by atoms with Gasteiger partial charge in [-0.25, -0.2) is 0 Å². The summed E-state index contributed by atoms with van der Waals surface area (Å²) in [6, 6.07) is 8.15. The number of thiocarbonyl (C=S) groups is 1. The zero-order valence-electron chi connectivity index (χ0n) is 14.3. The van der Waals surface area contributed by atoms with Crippen LogP contribution in [0.15, 0.2) is 24.3 Å². The van der Waals surface area contributed by atoms with Gasteiger partial charge in [-0.2, -0.15) is 0 Å². The molecule has 126 valence electrons. The summed E-state index contributed by atoms with van der Waals surface area (Å²) in [5, 5.41) is 6.95. The lowest BCUT2D eigenvalue weighted by molar-refractivity contribution is 0.0963. The molecule has 0 aliphatic heterocycles. The summed E-state index contributed by atoms with van der Waals surface area (Å²) in [6.45, 7) is 3.04. The third-order valence-corrected chi connectivity index (χ3v) is 5.06. The van der Waals surface area contributed by atoms with Crippen LogP contribution in [0.25, 0.3) is 0 Å². The van der Waals surface area contributed by atoms with Gasteiger partial charge in [0.1, 0.15) is 0 Å². The van der Waals surface area contributed by atoms with E-state index in [9.17, 15) is 4.79 Å². The number of amides is 1. The van der Waals surface area contributed by atoms with E-state index in [1.807, 2.05) is 31.3 Å². The average Bonchev–Trinajstić information content (AvgIpc) is 2.56. The van der Waals surface area contributed by atoms with Crippen LogP contribution in [0.5, 0.6) is 0 Å². The Labute approximate surface area is 144 Å². The predicted octanol–water partition coefficient (Wildman–Crippen LogP) is 2.93. The molecular weight excluding hydrogens is 306 g/mol. The highest BCUT2D eigenvalue weighted by Crippen LogP contribution is 2.23. The number of rotatable bonds is 4. The fraction of sp³-hybridized carbons (Fsp3) is 0.556. The highest BCUT2D eigenvalue weighted by Gasteiger charge is 2.22. The van der Waals surface area contributed by atoms with Crippen LogP contribution in [0.1, 0.15) is 48.5 Å². The summed E-state index contributed by atoms with van der Waals surface area (Å²) < 4.78 is 0. The van der Waals surface area contributed by atoms with Gasteiger partial charge in [-0.3, -0.25) is 4.79 Å². The van der Waals surface area contributed by atoms with Crippen LogP contribution in [0, 0.1) is 5.92 Å². The Hall–Kier alpha value is -1.62. The molecule has 5 heteroatoms. The summed E-state index contributed by atoms with van der Waals surface area (Å²) in [6.07, 6.45) is 5.11. The van der Waals surface area contributed by atoms with E-state index in [0.29, 0.717) is 17.5 Å².